The predicted octanol–water partition coefficient (Wildman–Crippen LogP) is 1.41. The molecule has 0 aliphatic carbocycles. The molecule has 5 nitrogen and oxygen atoms in total. The second-order valence-corrected chi connectivity index (χ2v) is 4.51. The van der Waals surface area contributed by atoms with Crippen LogP contribution < -0.4 is 9.80 Å². The molecular weight excluding hydrogens is 228 g/mol. The average Bonchev–Trinajstić information content (AvgIpc) is 2.77. The summed E-state index contributed by atoms with van der Waals surface area (Å²) in [5, 5.41) is 0. The summed E-state index contributed by atoms with van der Waals surface area (Å²) in [4.78, 5) is 24.5. The minimum Gasteiger partial charge on any atom is -0.357 e. The van der Waals surface area contributed by atoms with Crippen LogP contribution in [0.15, 0.2) is 6.07 Å². The van der Waals surface area contributed by atoms with Gasteiger partial charge in [-0.25, -0.2) is 9.97 Å². The molecule has 2 heterocycles. The molecule has 1 aromatic heterocycles. The smallest absolute Gasteiger partial charge is 0.153 e. The Morgan fingerprint density at radius 1 is 1.33 bits per heavy atom. The van der Waals surface area contributed by atoms with E-state index in [9.17, 15) is 4.79 Å². The Kier molecular flexibility index (Phi) is 3.79. The Morgan fingerprint density at radius 3 is 2.61 bits per heavy atom. The number of hydrogen-bond donors (Lipinski definition) is 0. The quantitative estimate of drug-likeness (QED) is 0.806. The van der Waals surface area contributed by atoms with E-state index in [0.29, 0.717) is 13.0 Å². The highest BCUT2D eigenvalue weighted by Gasteiger charge is 2.21. The van der Waals surface area contributed by atoms with Crippen LogP contribution in [0.5, 0.6) is 0 Å². The van der Waals surface area contributed by atoms with Crippen molar-refractivity contribution in [1.82, 2.24) is 9.97 Å². The molecule has 0 radical (unpaired) electrons. The van der Waals surface area contributed by atoms with Gasteiger partial charge in [-0.2, -0.15) is 0 Å². The van der Waals surface area contributed by atoms with Crippen LogP contribution in [0.25, 0.3) is 0 Å². The van der Waals surface area contributed by atoms with Crippen molar-refractivity contribution in [2.75, 3.05) is 36.0 Å². The number of Topliss-reactive ketones (excluding diaryl/α,β-unsaturated/α-hetero) is 1. The van der Waals surface area contributed by atoms with E-state index in [4.69, 9.17) is 0 Å². The highest BCUT2D eigenvalue weighted by molar-refractivity contribution is 5.86. The minimum absolute atomic E-state index is 0.288. The minimum atomic E-state index is 0.288. The molecule has 0 bridgehead atoms. The van der Waals surface area contributed by atoms with Crippen molar-refractivity contribution in [1.29, 1.82) is 0 Å². The number of rotatable bonds is 4. The summed E-state index contributed by atoms with van der Waals surface area (Å²) in [5.41, 5.74) is 0. The Hall–Kier alpha value is -1.65. The van der Waals surface area contributed by atoms with E-state index >= 15 is 0 Å². The number of hydrogen-bond acceptors (Lipinski definition) is 5. The molecule has 0 spiro atoms. The summed E-state index contributed by atoms with van der Waals surface area (Å²) in [6.45, 7) is 9.21. The van der Waals surface area contributed by atoms with Crippen LogP contribution in [-0.2, 0) is 4.79 Å². The van der Waals surface area contributed by atoms with Gasteiger partial charge < -0.3 is 9.80 Å². The number of ketones is 1. The lowest BCUT2D eigenvalue weighted by Gasteiger charge is -2.23. The number of aryl methyl sites for hydroxylation is 1. The molecule has 1 fully saturated rings. The molecule has 1 aromatic rings. The van der Waals surface area contributed by atoms with Gasteiger partial charge in [0.05, 0.1) is 6.54 Å². The number of nitrogens with zero attached hydrogens (tertiary/aromatic N) is 4. The van der Waals surface area contributed by atoms with Gasteiger partial charge in [-0.1, -0.05) is 0 Å². The average molecular weight is 248 g/mol. The van der Waals surface area contributed by atoms with Crippen molar-refractivity contribution in [3.8, 4) is 0 Å². The van der Waals surface area contributed by atoms with Crippen molar-refractivity contribution in [2.45, 2.75) is 27.2 Å². The molecule has 18 heavy (non-hydrogen) atoms. The third-order valence-corrected chi connectivity index (χ3v) is 3.25. The van der Waals surface area contributed by atoms with Crippen LogP contribution >= 0.6 is 0 Å². The van der Waals surface area contributed by atoms with E-state index in [1.54, 1.807) is 0 Å². The Morgan fingerprint density at radius 2 is 2.06 bits per heavy atom. The number of anilines is 2. The van der Waals surface area contributed by atoms with Crippen molar-refractivity contribution in [3.05, 3.63) is 11.9 Å². The van der Waals surface area contributed by atoms with Gasteiger partial charge in [0.15, 0.2) is 5.78 Å². The highest BCUT2D eigenvalue weighted by atomic mass is 16.1. The van der Waals surface area contributed by atoms with Gasteiger partial charge in [-0.05, 0) is 20.8 Å². The maximum absolute atomic E-state index is 11.3. The molecule has 1 aliphatic rings. The molecule has 5 heteroatoms. The second-order valence-electron chi connectivity index (χ2n) is 4.51. The SMILES string of the molecule is CCN(CC)c1cc(N2CCC(=O)C2)nc(C)n1. The van der Waals surface area contributed by atoms with Crippen molar-refractivity contribution >= 4 is 17.4 Å². The van der Waals surface area contributed by atoms with Crippen LogP contribution in [-0.4, -0.2) is 41.9 Å². The van der Waals surface area contributed by atoms with Gasteiger partial charge in [0.2, 0.25) is 0 Å². The first kappa shape index (κ1) is 12.8. The normalized spacial score (nSPS) is 15.3. The summed E-state index contributed by atoms with van der Waals surface area (Å²) in [6, 6.07) is 1.98. The molecule has 2 rings (SSSR count). The molecule has 1 saturated heterocycles. The monoisotopic (exact) mass is 248 g/mol. The van der Waals surface area contributed by atoms with Crippen LogP contribution in [0.4, 0.5) is 11.6 Å². The predicted molar refractivity (Wildman–Crippen MR) is 72.2 cm³/mol. The van der Waals surface area contributed by atoms with E-state index in [1.807, 2.05) is 17.9 Å². The fraction of sp³-hybridized carbons (Fsp3) is 0.615. The van der Waals surface area contributed by atoms with Crippen molar-refractivity contribution in [2.24, 2.45) is 0 Å². The first-order valence-corrected chi connectivity index (χ1v) is 6.51. The molecule has 1 aliphatic heterocycles. The molecule has 0 saturated carbocycles. The summed E-state index contributed by atoms with van der Waals surface area (Å²) >= 11 is 0. The van der Waals surface area contributed by atoms with Crippen LogP contribution in [0.1, 0.15) is 26.1 Å². The number of carbonyl (C=O) groups is 1. The van der Waals surface area contributed by atoms with E-state index < -0.39 is 0 Å². The molecule has 0 N–H and O–H groups in total. The van der Waals surface area contributed by atoms with E-state index in [0.717, 1.165) is 37.1 Å². The zero-order valence-corrected chi connectivity index (χ0v) is 11.3. The molecule has 0 amide bonds. The van der Waals surface area contributed by atoms with Crippen LogP contribution in [0.3, 0.4) is 0 Å². The van der Waals surface area contributed by atoms with E-state index in [2.05, 4.69) is 28.7 Å². The van der Waals surface area contributed by atoms with Gasteiger partial charge in [0.1, 0.15) is 17.5 Å². The lowest BCUT2D eigenvalue weighted by Crippen LogP contribution is -2.26. The number of aromatic nitrogens is 2. The largest absolute Gasteiger partial charge is 0.357 e. The van der Waals surface area contributed by atoms with Gasteiger partial charge in [0.25, 0.3) is 0 Å². The van der Waals surface area contributed by atoms with E-state index in [1.165, 1.54) is 0 Å². The molecule has 0 aromatic carbocycles. The topological polar surface area (TPSA) is 49.3 Å². The Balaban J connectivity index is 2.28. The summed E-state index contributed by atoms with van der Waals surface area (Å²) in [7, 11) is 0. The fourth-order valence-corrected chi connectivity index (χ4v) is 2.23. The maximum Gasteiger partial charge on any atom is 0.153 e. The standard InChI is InChI=1S/C13H20N4O/c1-4-16(5-2)12-8-13(15-10(3)14-12)17-7-6-11(18)9-17/h8H,4-7,9H2,1-3H3. The lowest BCUT2D eigenvalue weighted by molar-refractivity contribution is -0.116. The zero-order valence-electron chi connectivity index (χ0n) is 11.3. The van der Waals surface area contributed by atoms with Crippen LogP contribution in [0, 0.1) is 6.92 Å². The molecular formula is C13H20N4O. The summed E-state index contributed by atoms with van der Waals surface area (Å²) < 4.78 is 0. The third kappa shape index (κ3) is 2.60. The molecule has 0 unspecified atom stereocenters. The first-order valence-electron chi connectivity index (χ1n) is 6.51. The van der Waals surface area contributed by atoms with Gasteiger partial charge in [0, 0.05) is 32.1 Å². The number of carbonyl (C=O) groups excluding carboxylic acids is 1. The third-order valence-electron chi connectivity index (χ3n) is 3.25. The van der Waals surface area contributed by atoms with E-state index in [-0.39, 0.29) is 5.78 Å². The summed E-state index contributed by atoms with van der Waals surface area (Å²) in [6.07, 6.45) is 0.629. The second kappa shape index (κ2) is 5.33. The van der Waals surface area contributed by atoms with Gasteiger partial charge in [-0.3, -0.25) is 4.79 Å². The lowest BCUT2D eigenvalue weighted by atomic mass is 10.4. The fourth-order valence-electron chi connectivity index (χ4n) is 2.23. The summed E-state index contributed by atoms with van der Waals surface area (Å²) in [5.74, 6) is 2.86. The van der Waals surface area contributed by atoms with Crippen LogP contribution in [0.2, 0.25) is 0 Å². The maximum atomic E-state index is 11.3. The van der Waals surface area contributed by atoms with Gasteiger partial charge >= 0.3 is 0 Å². The Bertz CT molecular complexity index is 443. The van der Waals surface area contributed by atoms with Crippen molar-refractivity contribution < 1.29 is 4.79 Å². The van der Waals surface area contributed by atoms with Crippen molar-refractivity contribution in [3.63, 3.8) is 0 Å². The Labute approximate surface area is 108 Å². The van der Waals surface area contributed by atoms with Gasteiger partial charge in [-0.15, -0.1) is 0 Å². The highest BCUT2D eigenvalue weighted by Crippen LogP contribution is 2.21. The zero-order chi connectivity index (χ0) is 13.1. The molecule has 98 valence electrons. The first-order chi connectivity index (χ1) is 8.63. The molecule has 0 atom stereocenters.